The molecule has 2 aromatic carbocycles. The van der Waals surface area contributed by atoms with Crippen molar-refractivity contribution in [3.8, 4) is 17.2 Å². The molecule has 0 bridgehead atoms. The van der Waals surface area contributed by atoms with Gasteiger partial charge in [-0.2, -0.15) is 9.78 Å². The van der Waals surface area contributed by atoms with E-state index in [0.717, 1.165) is 10.2 Å². The number of pyridine rings is 1. The Labute approximate surface area is 213 Å². The van der Waals surface area contributed by atoms with Crippen molar-refractivity contribution >= 4 is 29.2 Å². The zero-order chi connectivity index (χ0) is 25.8. The number of hydrogen-bond donors (Lipinski definition) is 1. The molecule has 0 amide bonds. The molecule has 0 aliphatic rings. The predicted molar refractivity (Wildman–Crippen MR) is 133 cm³/mol. The Hall–Kier alpha value is -4.15. The number of hydrogen-bond acceptors (Lipinski definition) is 7. The molecule has 2 aromatic heterocycles. The van der Waals surface area contributed by atoms with Crippen LogP contribution in [-0.2, 0) is 11.3 Å². The summed E-state index contributed by atoms with van der Waals surface area (Å²) in [6.45, 7) is 1.91. The van der Waals surface area contributed by atoms with Crippen molar-refractivity contribution < 1.29 is 14.3 Å². The number of rotatable bonds is 7. The molecule has 0 atom stereocenters. The van der Waals surface area contributed by atoms with Gasteiger partial charge in [-0.05, 0) is 30.7 Å². The molecule has 12 heteroatoms. The molecule has 10 nitrogen and oxygen atoms in total. The molecular weight excluding hydrogens is 511 g/mol. The number of benzene rings is 2. The minimum absolute atomic E-state index is 0.0101. The second-order valence-corrected chi connectivity index (χ2v) is 8.21. The first-order valence-corrected chi connectivity index (χ1v) is 11.3. The normalized spacial score (nSPS) is 10.8. The topological polar surface area (TPSA) is 125 Å². The van der Waals surface area contributed by atoms with Gasteiger partial charge in [0.05, 0.1) is 35.1 Å². The molecule has 1 N–H and O–H groups in total. The van der Waals surface area contributed by atoms with Crippen LogP contribution in [0.15, 0.2) is 75.2 Å². The molecule has 0 saturated carbocycles. The number of carbonyl (C=O) groups excluding carboxylic acids is 1. The van der Waals surface area contributed by atoms with E-state index in [2.05, 4.69) is 5.10 Å². The zero-order valence-electron chi connectivity index (χ0n) is 18.7. The number of aromatic nitrogens is 4. The van der Waals surface area contributed by atoms with Crippen molar-refractivity contribution in [2.45, 2.75) is 13.5 Å². The highest BCUT2D eigenvalue weighted by molar-refractivity contribution is 6.37. The van der Waals surface area contributed by atoms with E-state index in [4.69, 9.17) is 32.7 Å². The lowest BCUT2D eigenvalue weighted by molar-refractivity contribution is 0.0514. The summed E-state index contributed by atoms with van der Waals surface area (Å²) < 4.78 is 12.9. The van der Waals surface area contributed by atoms with Crippen molar-refractivity contribution in [3.63, 3.8) is 0 Å². The molecule has 2 heterocycles. The highest BCUT2D eigenvalue weighted by Crippen LogP contribution is 2.37. The van der Waals surface area contributed by atoms with Crippen molar-refractivity contribution in [2.75, 3.05) is 6.61 Å². The molecule has 0 aliphatic heterocycles. The van der Waals surface area contributed by atoms with Gasteiger partial charge in [-0.25, -0.2) is 9.59 Å². The molecule has 4 aromatic rings. The molecule has 0 unspecified atom stereocenters. The van der Waals surface area contributed by atoms with Crippen LogP contribution in [0.4, 0.5) is 0 Å². The summed E-state index contributed by atoms with van der Waals surface area (Å²) in [6.07, 6.45) is 1.52. The summed E-state index contributed by atoms with van der Waals surface area (Å²) >= 11 is 12.8. The number of carbonyl (C=O) groups is 1. The molecule has 184 valence electrons. The highest BCUT2D eigenvalue weighted by Gasteiger charge is 2.19. The van der Waals surface area contributed by atoms with Crippen LogP contribution in [-0.4, -0.2) is 31.9 Å². The third-order valence-corrected chi connectivity index (χ3v) is 5.46. The number of esters is 1. The fourth-order valence-corrected chi connectivity index (χ4v) is 3.82. The van der Waals surface area contributed by atoms with Crippen LogP contribution < -0.4 is 21.5 Å². The van der Waals surface area contributed by atoms with E-state index in [9.17, 15) is 19.2 Å². The van der Waals surface area contributed by atoms with Gasteiger partial charge in [0.15, 0.2) is 5.75 Å². The first kappa shape index (κ1) is 25.0. The second kappa shape index (κ2) is 10.6. The maximum Gasteiger partial charge on any atom is 0.364 e. The van der Waals surface area contributed by atoms with Gasteiger partial charge in [-0.15, -0.1) is 0 Å². The predicted octanol–water partition coefficient (Wildman–Crippen LogP) is 3.41. The molecule has 0 radical (unpaired) electrons. The molecule has 0 saturated heterocycles. The molecule has 0 spiro atoms. The van der Waals surface area contributed by atoms with Crippen LogP contribution in [0.5, 0.6) is 11.5 Å². The average molecular weight is 529 g/mol. The largest absolute Gasteiger partial charge is 0.461 e. The summed E-state index contributed by atoms with van der Waals surface area (Å²) in [4.78, 5) is 50.6. The van der Waals surface area contributed by atoms with Crippen molar-refractivity contribution in [2.24, 2.45) is 0 Å². The summed E-state index contributed by atoms with van der Waals surface area (Å²) in [6, 6.07) is 14.9. The van der Waals surface area contributed by atoms with E-state index < -0.39 is 22.9 Å². The van der Waals surface area contributed by atoms with Gasteiger partial charge in [0.25, 0.3) is 11.1 Å². The number of nitrogens with zero attached hydrogens (tertiary/aromatic N) is 3. The van der Waals surface area contributed by atoms with E-state index >= 15 is 0 Å². The lowest BCUT2D eigenvalue weighted by Crippen LogP contribution is -2.36. The monoisotopic (exact) mass is 528 g/mol. The van der Waals surface area contributed by atoms with Crippen LogP contribution in [0.25, 0.3) is 5.69 Å². The SMILES string of the molecule is CCOC(=O)c1nn(-c2cc(Cl)c(Oc3ccc(=O)n(Cc4ccccc4)c3)c(Cl)c2)c(=O)[nH]c1=O. The van der Waals surface area contributed by atoms with Crippen LogP contribution in [0.3, 0.4) is 0 Å². The molecule has 0 fully saturated rings. The number of halogens is 2. The van der Waals surface area contributed by atoms with Gasteiger partial charge in [0.1, 0.15) is 5.75 Å². The Morgan fingerprint density at radius 2 is 1.72 bits per heavy atom. The highest BCUT2D eigenvalue weighted by atomic mass is 35.5. The van der Waals surface area contributed by atoms with Gasteiger partial charge in [-0.1, -0.05) is 53.5 Å². The maximum atomic E-state index is 12.3. The van der Waals surface area contributed by atoms with E-state index in [0.29, 0.717) is 12.3 Å². The lowest BCUT2D eigenvalue weighted by Gasteiger charge is -2.14. The minimum atomic E-state index is -0.990. The van der Waals surface area contributed by atoms with Gasteiger partial charge in [0.2, 0.25) is 5.69 Å². The molecular formula is C24H18Cl2N4O6. The fourth-order valence-electron chi connectivity index (χ4n) is 3.27. The number of ether oxygens (including phenoxy) is 2. The van der Waals surface area contributed by atoms with Crippen LogP contribution in [0.1, 0.15) is 23.0 Å². The minimum Gasteiger partial charge on any atom is -0.461 e. The Bertz CT molecular complexity index is 1590. The van der Waals surface area contributed by atoms with E-state index in [1.165, 1.54) is 35.0 Å². The number of nitrogens with one attached hydrogen (secondary N) is 1. The van der Waals surface area contributed by atoms with E-state index in [1.807, 2.05) is 35.3 Å². The van der Waals surface area contributed by atoms with Crippen molar-refractivity contribution in [1.82, 2.24) is 19.3 Å². The van der Waals surface area contributed by atoms with Crippen molar-refractivity contribution in [1.29, 1.82) is 0 Å². The van der Waals surface area contributed by atoms with Crippen molar-refractivity contribution in [3.05, 3.63) is 113 Å². The van der Waals surface area contributed by atoms with Crippen LogP contribution in [0.2, 0.25) is 10.0 Å². The zero-order valence-corrected chi connectivity index (χ0v) is 20.2. The Morgan fingerprint density at radius 3 is 2.39 bits per heavy atom. The van der Waals surface area contributed by atoms with Gasteiger partial charge < -0.3 is 14.0 Å². The second-order valence-electron chi connectivity index (χ2n) is 7.40. The Morgan fingerprint density at radius 1 is 1.03 bits per heavy atom. The molecule has 0 aliphatic carbocycles. The van der Waals surface area contributed by atoms with Gasteiger partial charge in [0, 0.05) is 6.07 Å². The van der Waals surface area contributed by atoms with Crippen LogP contribution >= 0.6 is 23.2 Å². The summed E-state index contributed by atoms with van der Waals surface area (Å²) in [5.74, 6) is -0.628. The van der Waals surface area contributed by atoms with Gasteiger partial charge in [-0.3, -0.25) is 14.6 Å². The fraction of sp³-hybridized carbons (Fsp3) is 0.125. The maximum absolute atomic E-state index is 12.3. The number of aromatic amines is 1. The van der Waals surface area contributed by atoms with E-state index in [1.54, 1.807) is 6.92 Å². The Kier molecular flexibility index (Phi) is 7.37. The number of H-pyrrole nitrogens is 1. The standard InChI is InChI=1S/C24H18Cl2N4O6/c1-2-35-23(33)20-22(32)27-24(34)30(28-20)15-10-17(25)21(18(26)11-15)36-16-8-9-19(31)29(13-16)12-14-6-4-3-5-7-14/h3-11,13H,2,12H2,1H3,(H,27,32,34). The molecule has 36 heavy (non-hydrogen) atoms. The average Bonchev–Trinajstić information content (AvgIpc) is 2.84. The van der Waals surface area contributed by atoms with E-state index in [-0.39, 0.29) is 33.6 Å². The third-order valence-electron chi connectivity index (χ3n) is 4.90. The quantitative estimate of drug-likeness (QED) is 0.364. The summed E-state index contributed by atoms with van der Waals surface area (Å²) in [5, 5.41) is 3.83. The van der Waals surface area contributed by atoms with Gasteiger partial charge >= 0.3 is 11.7 Å². The molecule has 4 rings (SSSR count). The smallest absolute Gasteiger partial charge is 0.364 e. The summed E-state index contributed by atoms with van der Waals surface area (Å²) in [5.41, 5.74) is -1.74. The summed E-state index contributed by atoms with van der Waals surface area (Å²) in [7, 11) is 0. The first-order valence-electron chi connectivity index (χ1n) is 10.6. The third kappa shape index (κ3) is 5.40. The lowest BCUT2D eigenvalue weighted by atomic mass is 10.2. The first-order chi connectivity index (χ1) is 17.3. The Balaban J connectivity index is 1.67. The van der Waals surface area contributed by atoms with Crippen LogP contribution in [0, 0.1) is 0 Å².